The van der Waals surface area contributed by atoms with E-state index in [0.29, 0.717) is 10.6 Å². The smallest absolute Gasteiger partial charge is 0.241 e. The van der Waals surface area contributed by atoms with Crippen LogP contribution in [0.5, 0.6) is 0 Å². The fourth-order valence-electron chi connectivity index (χ4n) is 3.28. The number of rotatable bonds is 3. The van der Waals surface area contributed by atoms with Gasteiger partial charge in [-0.3, -0.25) is 4.90 Å². The Kier molecular flexibility index (Phi) is 3.92. The minimum Gasteiger partial charge on any atom is -0.338 e. The molecule has 116 valence electrons. The van der Waals surface area contributed by atoms with Crippen molar-refractivity contribution in [2.24, 2.45) is 0 Å². The van der Waals surface area contributed by atoms with Gasteiger partial charge in [-0.1, -0.05) is 41.9 Å². The van der Waals surface area contributed by atoms with E-state index in [1.54, 1.807) is 0 Å². The third-order valence-electron chi connectivity index (χ3n) is 4.82. The fraction of sp³-hybridized carbons (Fsp3) is 0.529. The summed E-state index contributed by atoms with van der Waals surface area (Å²) in [6, 6.07) is 10.0. The number of nitrogens with zero attached hydrogens (tertiary/aromatic N) is 3. The lowest BCUT2D eigenvalue weighted by Gasteiger charge is -2.40. The minimum atomic E-state index is 0.596. The summed E-state index contributed by atoms with van der Waals surface area (Å²) in [6.07, 6.45) is 5.53. The highest BCUT2D eigenvalue weighted by molar-refractivity contribution is 8.00. The molecule has 1 saturated carbocycles. The van der Waals surface area contributed by atoms with Gasteiger partial charge < -0.3 is 4.52 Å². The van der Waals surface area contributed by atoms with Gasteiger partial charge in [0, 0.05) is 29.2 Å². The summed E-state index contributed by atoms with van der Waals surface area (Å²) in [5.41, 5.74) is 1.01. The van der Waals surface area contributed by atoms with Crippen LogP contribution in [0.2, 0.25) is 0 Å². The zero-order valence-corrected chi connectivity index (χ0v) is 13.5. The molecule has 2 heterocycles. The maximum Gasteiger partial charge on any atom is 0.241 e. The van der Waals surface area contributed by atoms with Crippen molar-refractivity contribution in [3.05, 3.63) is 36.2 Å². The number of hydrogen-bond donors (Lipinski definition) is 0. The zero-order valence-electron chi connectivity index (χ0n) is 12.7. The van der Waals surface area contributed by atoms with Gasteiger partial charge in [0.2, 0.25) is 11.7 Å². The highest BCUT2D eigenvalue weighted by atomic mass is 32.2. The number of hydrogen-bond acceptors (Lipinski definition) is 5. The molecule has 22 heavy (non-hydrogen) atoms. The second kappa shape index (κ2) is 6.05. The number of thioether (sulfide) groups is 1. The molecular formula is C17H21N3OS. The molecule has 0 bridgehead atoms. The van der Waals surface area contributed by atoms with Crippen LogP contribution in [0.25, 0.3) is 11.4 Å². The van der Waals surface area contributed by atoms with E-state index in [1.165, 1.54) is 31.4 Å². The Labute approximate surface area is 135 Å². The van der Waals surface area contributed by atoms with Crippen molar-refractivity contribution in [2.75, 3.05) is 18.8 Å². The molecule has 0 atom stereocenters. The van der Waals surface area contributed by atoms with Gasteiger partial charge >= 0.3 is 0 Å². The topological polar surface area (TPSA) is 42.2 Å². The Morgan fingerprint density at radius 2 is 2.00 bits per heavy atom. The van der Waals surface area contributed by atoms with Crippen LogP contribution in [0.1, 0.15) is 31.6 Å². The molecule has 0 unspecified atom stereocenters. The molecule has 1 aromatic heterocycles. The summed E-state index contributed by atoms with van der Waals surface area (Å²) in [7, 11) is 0. The van der Waals surface area contributed by atoms with Gasteiger partial charge in [0.1, 0.15) is 0 Å². The molecular weight excluding hydrogens is 294 g/mol. The molecule has 1 spiro atoms. The molecule has 0 amide bonds. The lowest BCUT2D eigenvalue weighted by atomic mass is 9.81. The normalized spacial score (nSPS) is 21.5. The molecule has 2 aromatic rings. The van der Waals surface area contributed by atoms with E-state index >= 15 is 0 Å². The van der Waals surface area contributed by atoms with Crippen LogP contribution in [0.4, 0.5) is 0 Å². The molecule has 0 N–H and O–H groups in total. The second-order valence-electron chi connectivity index (χ2n) is 6.29. The Bertz CT molecular complexity index is 624. The summed E-state index contributed by atoms with van der Waals surface area (Å²) < 4.78 is 6.04. The van der Waals surface area contributed by atoms with Crippen molar-refractivity contribution < 1.29 is 4.52 Å². The lowest BCUT2D eigenvalue weighted by molar-refractivity contribution is 0.218. The van der Waals surface area contributed by atoms with Gasteiger partial charge in [-0.2, -0.15) is 16.7 Å². The van der Waals surface area contributed by atoms with Gasteiger partial charge in [-0.05, 0) is 19.3 Å². The third kappa shape index (κ3) is 2.92. The van der Waals surface area contributed by atoms with Crippen LogP contribution in [-0.2, 0) is 6.54 Å². The molecule has 1 aliphatic heterocycles. The Balaban J connectivity index is 1.40. The van der Waals surface area contributed by atoms with Crippen LogP contribution in [-0.4, -0.2) is 38.6 Å². The Morgan fingerprint density at radius 1 is 1.14 bits per heavy atom. The van der Waals surface area contributed by atoms with Crippen molar-refractivity contribution in [2.45, 2.75) is 37.0 Å². The van der Waals surface area contributed by atoms with Crippen molar-refractivity contribution in [3.8, 4) is 11.4 Å². The van der Waals surface area contributed by atoms with Crippen LogP contribution < -0.4 is 0 Å². The van der Waals surface area contributed by atoms with Crippen LogP contribution in [0.15, 0.2) is 34.9 Å². The predicted molar refractivity (Wildman–Crippen MR) is 88.7 cm³/mol. The van der Waals surface area contributed by atoms with E-state index in [1.807, 2.05) is 30.3 Å². The summed E-state index contributed by atoms with van der Waals surface area (Å²) in [6.45, 7) is 3.04. The summed E-state index contributed by atoms with van der Waals surface area (Å²) >= 11 is 2.18. The molecule has 4 rings (SSSR count). The monoisotopic (exact) mass is 315 g/mol. The number of benzene rings is 1. The first kappa shape index (κ1) is 14.3. The first-order valence-corrected chi connectivity index (χ1v) is 9.06. The van der Waals surface area contributed by atoms with Crippen LogP contribution in [0.3, 0.4) is 0 Å². The molecule has 0 radical (unpaired) electrons. The van der Waals surface area contributed by atoms with E-state index < -0.39 is 0 Å². The van der Waals surface area contributed by atoms with Crippen molar-refractivity contribution in [3.63, 3.8) is 0 Å². The summed E-state index contributed by atoms with van der Waals surface area (Å²) in [5, 5.41) is 4.11. The third-order valence-corrected chi connectivity index (χ3v) is 6.43. The zero-order chi connectivity index (χ0) is 14.8. The Morgan fingerprint density at radius 3 is 2.77 bits per heavy atom. The fourth-order valence-corrected chi connectivity index (χ4v) is 4.87. The van der Waals surface area contributed by atoms with Crippen molar-refractivity contribution >= 4 is 11.8 Å². The van der Waals surface area contributed by atoms with E-state index in [9.17, 15) is 0 Å². The van der Waals surface area contributed by atoms with E-state index in [4.69, 9.17) is 4.52 Å². The largest absolute Gasteiger partial charge is 0.338 e. The van der Waals surface area contributed by atoms with Crippen LogP contribution >= 0.6 is 11.8 Å². The lowest BCUT2D eigenvalue weighted by Crippen LogP contribution is -2.35. The average molecular weight is 315 g/mol. The molecule has 1 aliphatic carbocycles. The first-order chi connectivity index (χ1) is 10.8. The maximum atomic E-state index is 5.45. The Hall–Kier alpha value is -1.33. The first-order valence-electron chi connectivity index (χ1n) is 8.07. The molecule has 2 fully saturated rings. The van der Waals surface area contributed by atoms with E-state index in [0.717, 1.165) is 31.1 Å². The van der Waals surface area contributed by atoms with Gasteiger partial charge in [-0.15, -0.1) is 0 Å². The molecule has 1 saturated heterocycles. The van der Waals surface area contributed by atoms with Crippen molar-refractivity contribution in [1.82, 2.24) is 15.0 Å². The van der Waals surface area contributed by atoms with Gasteiger partial charge in [0.05, 0.1) is 6.54 Å². The highest BCUT2D eigenvalue weighted by Gasteiger charge is 2.38. The van der Waals surface area contributed by atoms with Gasteiger partial charge in [0.25, 0.3) is 0 Å². The molecule has 5 heteroatoms. The SMILES string of the molecule is c1ccc(-c2noc(CN3CCSC4(CCC4)CC3)n2)cc1. The molecule has 4 nitrogen and oxygen atoms in total. The molecule has 1 aromatic carbocycles. The summed E-state index contributed by atoms with van der Waals surface area (Å²) in [4.78, 5) is 7.01. The summed E-state index contributed by atoms with van der Waals surface area (Å²) in [5.74, 6) is 2.64. The van der Waals surface area contributed by atoms with Gasteiger partial charge in [0.15, 0.2) is 0 Å². The van der Waals surface area contributed by atoms with E-state index in [2.05, 4.69) is 26.8 Å². The van der Waals surface area contributed by atoms with Crippen LogP contribution in [0, 0.1) is 0 Å². The maximum absolute atomic E-state index is 5.45. The predicted octanol–water partition coefficient (Wildman–Crippen LogP) is 3.60. The average Bonchev–Trinajstić information content (AvgIpc) is 2.86. The quantitative estimate of drug-likeness (QED) is 0.866. The van der Waals surface area contributed by atoms with Gasteiger partial charge in [-0.25, -0.2) is 0 Å². The number of aromatic nitrogens is 2. The highest BCUT2D eigenvalue weighted by Crippen LogP contribution is 2.47. The standard InChI is InChI=1S/C17H21N3OS/c1-2-5-14(6-3-1)16-18-15(21-19-16)13-20-10-9-17(7-4-8-17)22-12-11-20/h1-3,5-6H,4,7-13H2. The minimum absolute atomic E-state index is 0.596. The van der Waals surface area contributed by atoms with Crippen molar-refractivity contribution in [1.29, 1.82) is 0 Å². The van der Waals surface area contributed by atoms with E-state index in [-0.39, 0.29) is 0 Å². The second-order valence-corrected chi connectivity index (χ2v) is 7.85. The molecule has 2 aliphatic rings.